The minimum absolute atomic E-state index is 0.0439. The monoisotopic (exact) mass is 284 g/mol. The average molecular weight is 285 g/mol. The van der Waals surface area contributed by atoms with Crippen LogP contribution in [0.5, 0.6) is 0 Å². The van der Waals surface area contributed by atoms with Crippen molar-refractivity contribution in [3.05, 3.63) is 28.8 Å². The summed E-state index contributed by atoms with van der Waals surface area (Å²) in [5.41, 5.74) is 8.00. The van der Waals surface area contributed by atoms with Crippen LogP contribution in [0.25, 0.3) is 0 Å². The van der Waals surface area contributed by atoms with Crippen LogP contribution in [0.4, 0.5) is 5.69 Å². The molecule has 0 aliphatic heterocycles. The molecule has 0 aromatic heterocycles. The summed E-state index contributed by atoms with van der Waals surface area (Å²) in [6.45, 7) is 7.90. The summed E-state index contributed by atoms with van der Waals surface area (Å²) in [5, 5.41) is 0.734. The molecule has 19 heavy (non-hydrogen) atoms. The number of benzene rings is 1. The Labute approximate surface area is 121 Å². The van der Waals surface area contributed by atoms with Gasteiger partial charge in [-0.25, -0.2) is 0 Å². The number of hydrogen-bond acceptors (Lipinski definition) is 3. The van der Waals surface area contributed by atoms with E-state index >= 15 is 0 Å². The molecule has 4 heteroatoms. The lowest BCUT2D eigenvalue weighted by molar-refractivity contribution is 0.203. The van der Waals surface area contributed by atoms with Gasteiger partial charge in [0, 0.05) is 36.4 Å². The predicted octanol–water partition coefficient (Wildman–Crippen LogP) is 3.61. The van der Waals surface area contributed by atoms with Gasteiger partial charge < -0.3 is 15.4 Å². The third-order valence-corrected chi connectivity index (χ3v) is 3.79. The molecule has 0 aliphatic carbocycles. The van der Waals surface area contributed by atoms with E-state index < -0.39 is 0 Å². The number of methoxy groups -OCH3 is 1. The highest BCUT2D eigenvalue weighted by molar-refractivity contribution is 6.31. The maximum absolute atomic E-state index is 6.31. The number of halogens is 1. The molecule has 2 unspecified atom stereocenters. The molecule has 2 N–H and O–H groups in total. The molecular formula is C15H25ClN2O. The van der Waals surface area contributed by atoms with Crippen LogP contribution < -0.4 is 10.6 Å². The molecule has 0 fully saturated rings. The maximum atomic E-state index is 6.31. The fraction of sp³-hybridized carbons (Fsp3) is 0.600. The molecule has 0 radical (unpaired) electrons. The standard InChI is InChI=1S/C15H25ClN2O/c1-5-11(2)18(8-9-19-4)13-6-7-14(12(3)17)15(16)10-13/h6-7,10-12H,5,8-9,17H2,1-4H3. The summed E-state index contributed by atoms with van der Waals surface area (Å²) in [4.78, 5) is 2.32. The van der Waals surface area contributed by atoms with E-state index in [4.69, 9.17) is 22.1 Å². The van der Waals surface area contributed by atoms with Gasteiger partial charge in [-0.05, 0) is 38.0 Å². The summed E-state index contributed by atoms with van der Waals surface area (Å²) in [6.07, 6.45) is 1.08. The number of nitrogens with two attached hydrogens (primary N) is 1. The molecule has 0 aliphatic rings. The van der Waals surface area contributed by atoms with Crippen LogP contribution in [-0.2, 0) is 4.74 Å². The Kier molecular flexibility index (Phi) is 6.63. The second-order valence-corrected chi connectivity index (χ2v) is 5.35. The van der Waals surface area contributed by atoms with Crippen LogP contribution >= 0.6 is 11.6 Å². The lowest BCUT2D eigenvalue weighted by Gasteiger charge is -2.31. The van der Waals surface area contributed by atoms with Gasteiger partial charge in [0.15, 0.2) is 0 Å². The van der Waals surface area contributed by atoms with Gasteiger partial charge in [0.25, 0.3) is 0 Å². The van der Waals surface area contributed by atoms with Gasteiger partial charge in [-0.3, -0.25) is 0 Å². The smallest absolute Gasteiger partial charge is 0.0637 e. The van der Waals surface area contributed by atoms with Crippen molar-refractivity contribution in [3.8, 4) is 0 Å². The highest BCUT2D eigenvalue weighted by atomic mass is 35.5. The summed E-state index contributed by atoms with van der Waals surface area (Å²) in [6, 6.07) is 6.52. The van der Waals surface area contributed by atoms with Gasteiger partial charge in [-0.15, -0.1) is 0 Å². The zero-order valence-electron chi connectivity index (χ0n) is 12.3. The minimum atomic E-state index is -0.0439. The number of rotatable bonds is 7. The van der Waals surface area contributed by atoms with E-state index in [1.54, 1.807) is 7.11 Å². The largest absolute Gasteiger partial charge is 0.383 e. The van der Waals surface area contributed by atoms with Crippen LogP contribution in [0.3, 0.4) is 0 Å². The summed E-state index contributed by atoms with van der Waals surface area (Å²) in [7, 11) is 1.72. The van der Waals surface area contributed by atoms with Crippen molar-refractivity contribution in [3.63, 3.8) is 0 Å². The topological polar surface area (TPSA) is 38.5 Å². The highest BCUT2D eigenvalue weighted by Gasteiger charge is 2.15. The van der Waals surface area contributed by atoms with Crippen molar-refractivity contribution in [2.45, 2.75) is 39.3 Å². The molecule has 0 saturated heterocycles. The van der Waals surface area contributed by atoms with Crippen LogP contribution in [0.2, 0.25) is 5.02 Å². The van der Waals surface area contributed by atoms with Crippen molar-refractivity contribution >= 4 is 17.3 Å². The Bertz CT molecular complexity index is 396. The van der Waals surface area contributed by atoms with E-state index in [0.29, 0.717) is 12.6 Å². The Balaban J connectivity index is 2.99. The first kappa shape index (κ1) is 16.3. The molecule has 0 saturated carbocycles. The number of anilines is 1. The van der Waals surface area contributed by atoms with Crippen LogP contribution in [0.15, 0.2) is 18.2 Å². The molecule has 0 bridgehead atoms. The molecular weight excluding hydrogens is 260 g/mol. The molecule has 0 spiro atoms. The second-order valence-electron chi connectivity index (χ2n) is 4.94. The SMILES string of the molecule is CCC(C)N(CCOC)c1ccc(C(C)N)c(Cl)c1. The van der Waals surface area contributed by atoms with Gasteiger partial charge in [0.1, 0.15) is 0 Å². The van der Waals surface area contributed by atoms with E-state index in [0.717, 1.165) is 29.2 Å². The van der Waals surface area contributed by atoms with Gasteiger partial charge in [0.05, 0.1) is 6.61 Å². The lowest BCUT2D eigenvalue weighted by Crippen LogP contribution is -2.35. The van der Waals surface area contributed by atoms with Crippen molar-refractivity contribution in [2.75, 3.05) is 25.2 Å². The number of hydrogen-bond donors (Lipinski definition) is 1. The van der Waals surface area contributed by atoms with Crippen molar-refractivity contribution in [1.82, 2.24) is 0 Å². The van der Waals surface area contributed by atoms with E-state index in [1.165, 1.54) is 0 Å². The first-order valence-electron chi connectivity index (χ1n) is 6.81. The normalized spacial score (nSPS) is 14.2. The van der Waals surface area contributed by atoms with Crippen LogP contribution in [-0.4, -0.2) is 26.3 Å². The predicted molar refractivity (Wildman–Crippen MR) is 83.0 cm³/mol. The maximum Gasteiger partial charge on any atom is 0.0637 e. The summed E-state index contributed by atoms with van der Waals surface area (Å²) in [5.74, 6) is 0. The van der Waals surface area contributed by atoms with Gasteiger partial charge in [-0.2, -0.15) is 0 Å². The average Bonchev–Trinajstić information content (AvgIpc) is 2.38. The molecule has 2 atom stereocenters. The third-order valence-electron chi connectivity index (χ3n) is 3.47. The third kappa shape index (κ3) is 4.37. The first-order chi connectivity index (χ1) is 9.01. The summed E-state index contributed by atoms with van der Waals surface area (Å²) < 4.78 is 5.19. The van der Waals surface area contributed by atoms with Gasteiger partial charge in [0.2, 0.25) is 0 Å². The second kappa shape index (κ2) is 7.73. The van der Waals surface area contributed by atoms with E-state index in [2.05, 4.69) is 24.8 Å². The number of ether oxygens (including phenoxy) is 1. The van der Waals surface area contributed by atoms with Crippen LogP contribution in [0.1, 0.15) is 38.8 Å². The van der Waals surface area contributed by atoms with Gasteiger partial charge >= 0.3 is 0 Å². The van der Waals surface area contributed by atoms with Crippen molar-refractivity contribution in [2.24, 2.45) is 5.73 Å². The lowest BCUT2D eigenvalue weighted by atomic mass is 10.1. The van der Waals surface area contributed by atoms with Crippen molar-refractivity contribution in [1.29, 1.82) is 0 Å². The van der Waals surface area contributed by atoms with E-state index in [-0.39, 0.29) is 6.04 Å². The molecule has 3 nitrogen and oxygen atoms in total. The molecule has 1 aromatic rings. The van der Waals surface area contributed by atoms with E-state index in [9.17, 15) is 0 Å². The fourth-order valence-electron chi connectivity index (χ4n) is 2.08. The number of nitrogens with zero attached hydrogens (tertiary/aromatic N) is 1. The fourth-order valence-corrected chi connectivity index (χ4v) is 2.42. The molecule has 108 valence electrons. The minimum Gasteiger partial charge on any atom is -0.383 e. The van der Waals surface area contributed by atoms with E-state index in [1.807, 2.05) is 19.1 Å². The zero-order chi connectivity index (χ0) is 14.4. The molecule has 1 aromatic carbocycles. The van der Waals surface area contributed by atoms with Crippen molar-refractivity contribution < 1.29 is 4.74 Å². The first-order valence-corrected chi connectivity index (χ1v) is 7.19. The Hall–Kier alpha value is -0.770. The summed E-state index contributed by atoms with van der Waals surface area (Å²) >= 11 is 6.31. The van der Waals surface area contributed by atoms with Gasteiger partial charge in [-0.1, -0.05) is 24.6 Å². The Morgan fingerprint density at radius 2 is 2.05 bits per heavy atom. The Morgan fingerprint density at radius 1 is 1.37 bits per heavy atom. The molecule has 1 rings (SSSR count). The Morgan fingerprint density at radius 3 is 2.53 bits per heavy atom. The zero-order valence-corrected chi connectivity index (χ0v) is 13.1. The quantitative estimate of drug-likeness (QED) is 0.831. The molecule has 0 amide bonds. The molecule has 0 heterocycles. The highest BCUT2D eigenvalue weighted by Crippen LogP contribution is 2.28. The van der Waals surface area contributed by atoms with Crippen LogP contribution in [0, 0.1) is 0 Å².